The third kappa shape index (κ3) is 2.40. The van der Waals surface area contributed by atoms with Crippen molar-refractivity contribution in [3.05, 3.63) is 53.3 Å². The van der Waals surface area contributed by atoms with E-state index in [2.05, 4.69) is 15.4 Å². The third-order valence-electron chi connectivity index (χ3n) is 4.39. The van der Waals surface area contributed by atoms with Crippen molar-refractivity contribution in [2.75, 3.05) is 6.61 Å². The zero-order chi connectivity index (χ0) is 16.7. The maximum absolute atomic E-state index is 12.7. The fourth-order valence-electron chi connectivity index (χ4n) is 3.17. The van der Waals surface area contributed by atoms with Crippen molar-refractivity contribution in [2.45, 2.75) is 19.4 Å². The molecule has 6 nitrogen and oxygen atoms in total. The first-order valence-corrected chi connectivity index (χ1v) is 7.95. The van der Waals surface area contributed by atoms with Crippen LogP contribution in [0.2, 0.25) is 0 Å². The van der Waals surface area contributed by atoms with E-state index in [1.807, 2.05) is 44.3 Å². The van der Waals surface area contributed by atoms with E-state index in [9.17, 15) is 4.79 Å². The number of pyridine rings is 1. The maximum atomic E-state index is 12.7. The van der Waals surface area contributed by atoms with Crippen molar-refractivity contribution in [3.8, 4) is 5.75 Å². The molecule has 0 bridgehead atoms. The molecule has 3 aromatic rings. The number of nitrogens with zero attached hydrogens (tertiary/aromatic N) is 3. The Morgan fingerprint density at radius 1 is 1.38 bits per heavy atom. The number of hydrogen-bond acceptors (Lipinski definition) is 4. The van der Waals surface area contributed by atoms with Crippen molar-refractivity contribution in [1.82, 2.24) is 20.1 Å². The molecule has 0 radical (unpaired) electrons. The number of aromatic nitrogens is 3. The van der Waals surface area contributed by atoms with Crippen molar-refractivity contribution in [2.24, 2.45) is 7.05 Å². The summed E-state index contributed by atoms with van der Waals surface area (Å²) in [4.78, 5) is 17.0. The van der Waals surface area contributed by atoms with Gasteiger partial charge >= 0.3 is 0 Å². The molecule has 6 heteroatoms. The van der Waals surface area contributed by atoms with E-state index in [1.165, 1.54) is 0 Å². The molecule has 1 aliphatic rings. The van der Waals surface area contributed by atoms with Gasteiger partial charge in [0.05, 0.1) is 23.9 Å². The molecule has 0 unspecified atom stereocenters. The van der Waals surface area contributed by atoms with Gasteiger partial charge in [0.2, 0.25) is 0 Å². The van der Waals surface area contributed by atoms with E-state index in [-0.39, 0.29) is 11.9 Å². The number of nitrogens with one attached hydrogen (secondary N) is 1. The Balaban J connectivity index is 1.62. The van der Waals surface area contributed by atoms with Crippen LogP contribution in [0.25, 0.3) is 11.0 Å². The largest absolute Gasteiger partial charge is 0.493 e. The number of ether oxygens (including phenoxy) is 1. The van der Waals surface area contributed by atoms with Crippen LogP contribution < -0.4 is 10.1 Å². The fourth-order valence-corrected chi connectivity index (χ4v) is 3.17. The van der Waals surface area contributed by atoms with Crippen LogP contribution in [0.15, 0.2) is 36.5 Å². The summed E-state index contributed by atoms with van der Waals surface area (Å²) in [7, 11) is 1.85. The number of carbonyl (C=O) groups excluding carboxylic acids is 1. The third-order valence-corrected chi connectivity index (χ3v) is 4.39. The Kier molecular flexibility index (Phi) is 3.45. The number of rotatable bonds is 2. The van der Waals surface area contributed by atoms with Crippen molar-refractivity contribution in [3.63, 3.8) is 0 Å². The number of fused-ring (bicyclic) bond motifs is 2. The molecule has 4 rings (SSSR count). The minimum absolute atomic E-state index is 0.0480. The molecule has 1 atom stereocenters. The zero-order valence-corrected chi connectivity index (χ0v) is 13.6. The summed E-state index contributed by atoms with van der Waals surface area (Å²) in [6.45, 7) is 2.52. The van der Waals surface area contributed by atoms with Gasteiger partial charge in [-0.3, -0.25) is 9.48 Å². The molecule has 0 fully saturated rings. The van der Waals surface area contributed by atoms with Crippen LogP contribution in [0.1, 0.15) is 34.1 Å². The van der Waals surface area contributed by atoms with E-state index < -0.39 is 0 Å². The minimum atomic E-state index is -0.130. The molecule has 1 N–H and O–H groups in total. The first kappa shape index (κ1) is 14.7. The summed E-state index contributed by atoms with van der Waals surface area (Å²) in [5.74, 6) is 0.708. The highest BCUT2D eigenvalue weighted by Gasteiger charge is 2.23. The van der Waals surface area contributed by atoms with Crippen LogP contribution in [-0.2, 0) is 7.05 Å². The lowest BCUT2D eigenvalue weighted by Crippen LogP contribution is -2.32. The Labute approximate surface area is 139 Å². The molecule has 3 heterocycles. The highest BCUT2D eigenvalue weighted by Crippen LogP contribution is 2.31. The average Bonchev–Trinajstić information content (AvgIpc) is 2.89. The van der Waals surface area contributed by atoms with Gasteiger partial charge in [-0.15, -0.1) is 0 Å². The molecular formula is C18H18N4O2. The number of benzene rings is 1. The van der Waals surface area contributed by atoms with E-state index in [0.717, 1.165) is 34.5 Å². The molecule has 0 aliphatic carbocycles. The summed E-state index contributed by atoms with van der Waals surface area (Å²) in [5, 5.41) is 8.34. The molecule has 1 aliphatic heterocycles. The lowest BCUT2D eigenvalue weighted by molar-refractivity contribution is 0.0924. The van der Waals surface area contributed by atoms with Gasteiger partial charge in [0.15, 0.2) is 5.65 Å². The van der Waals surface area contributed by atoms with E-state index >= 15 is 0 Å². The van der Waals surface area contributed by atoms with Gasteiger partial charge in [-0.05, 0) is 19.1 Å². The molecule has 0 spiro atoms. The zero-order valence-electron chi connectivity index (χ0n) is 13.6. The SMILES string of the molecule is Cc1nn(C)c2ncc(C(=O)N[C@H]3CCOc4ccccc43)cc12. The van der Waals surface area contributed by atoms with E-state index in [0.29, 0.717) is 12.2 Å². The molecule has 0 saturated carbocycles. The van der Waals surface area contributed by atoms with Crippen LogP contribution >= 0.6 is 0 Å². The molecule has 24 heavy (non-hydrogen) atoms. The van der Waals surface area contributed by atoms with Crippen LogP contribution in [-0.4, -0.2) is 27.3 Å². The van der Waals surface area contributed by atoms with Gasteiger partial charge in [0, 0.05) is 30.6 Å². The van der Waals surface area contributed by atoms with Crippen molar-refractivity contribution in [1.29, 1.82) is 0 Å². The second-order valence-electron chi connectivity index (χ2n) is 6.01. The van der Waals surface area contributed by atoms with Gasteiger partial charge in [0.1, 0.15) is 5.75 Å². The van der Waals surface area contributed by atoms with Crippen LogP contribution in [0, 0.1) is 6.92 Å². The van der Waals surface area contributed by atoms with Gasteiger partial charge in [0.25, 0.3) is 5.91 Å². The maximum Gasteiger partial charge on any atom is 0.253 e. The highest BCUT2D eigenvalue weighted by molar-refractivity contribution is 5.97. The Morgan fingerprint density at radius 2 is 2.21 bits per heavy atom. The Hall–Kier alpha value is -2.89. The predicted molar refractivity (Wildman–Crippen MR) is 90.0 cm³/mol. The first-order valence-electron chi connectivity index (χ1n) is 7.95. The molecule has 2 aromatic heterocycles. The quantitative estimate of drug-likeness (QED) is 0.787. The number of carbonyl (C=O) groups is 1. The molecule has 1 amide bonds. The molecule has 1 aromatic carbocycles. The van der Waals surface area contributed by atoms with E-state index in [4.69, 9.17) is 4.74 Å². The summed E-state index contributed by atoms with van der Waals surface area (Å²) >= 11 is 0. The van der Waals surface area contributed by atoms with Gasteiger partial charge in [-0.25, -0.2) is 4.98 Å². The lowest BCUT2D eigenvalue weighted by atomic mass is 10.00. The standard InChI is InChI=1S/C18H18N4O2/c1-11-14-9-12(10-19-17(14)22(2)21-11)18(23)20-15-7-8-24-16-6-4-3-5-13(15)16/h3-6,9-10,15H,7-8H2,1-2H3,(H,20,23)/t15-/m0/s1. The number of amides is 1. The van der Waals surface area contributed by atoms with Gasteiger partial charge < -0.3 is 10.1 Å². The second-order valence-corrected chi connectivity index (χ2v) is 6.01. The van der Waals surface area contributed by atoms with Gasteiger partial charge in [-0.2, -0.15) is 5.10 Å². The minimum Gasteiger partial charge on any atom is -0.493 e. The smallest absolute Gasteiger partial charge is 0.253 e. The highest BCUT2D eigenvalue weighted by atomic mass is 16.5. The number of hydrogen-bond donors (Lipinski definition) is 1. The fraction of sp³-hybridized carbons (Fsp3) is 0.278. The Bertz CT molecular complexity index is 932. The predicted octanol–water partition coefficient (Wildman–Crippen LogP) is 2.53. The Morgan fingerprint density at radius 3 is 3.08 bits per heavy atom. The summed E-state index contributed by atoms with van der Waals surface area (Å²) in [6.07, 6.45) is 2.36. The normalized spacial score (nSPS) is 16.5. The van der Waals surface area contributed by atoms with Crippen LogP contribution in [0.3, 0.4) is 0 Å². The van der Waals surface area contributed by atoms with E-state index in [1.54, 1.807) is 10.9 Å². The van der Waals surface area contributed by atoms with Gasteiger partial charge in [-0.1, -0.05) is 18.2 Å². The number of para-hydroxylation sites is 1. The van der Waals surface area contributed by atoms with Crippen molar-refractivity contribution >= 4 is 16.9 Å². The second kappa shape index (κ2) is 5.63. The average molecular weight is 322 g/mol. The summed E-state index contributed by atoms with van der Waals surface area (Å²) in [5.41, 5.74) is 3.21. The van der Waals surface area contributed by atoms with Crippen molar-refractivity contribution < 1.29 is 9.53 Å². The lowest BCUT2D eigenvalue weighted by Gasteiger charge is -2.26. The topological polar surface area (TPSA) is 69.0 Å². The molecule has 122 valence electrons. The van der Waals surface area contributed by atoms with Crippen LogP contribution in [0.4, 0.5) is 0 Å². The monoisotopic (exact) mass is 322 g/mol. The molecular weight excluding hydrogens is 304 g/mol. The number of aryl methyl sites for hydroxylation is 2. The molecule has 0 saturated heterocycles. The first-order chi connectivity index (χ1) is 11.6. The summed E-state index contributed by atoms with van der Waals surface area (Å²) in [6, 6.07) is 9.62. The summed E-state index contributed by atoms with van der Waals surface area (Å²) < 4.78 is 7.37. The van der Waals surface area contributed by atoms with Crippen LogP contribution in [0.5, 0.6) is 5.75 Å².